The lowest BCUT2D eigenvalue weighted by Crippen LogP contribution is -2.42. The van der Waals surface area contributed by atoms with Crippen molar-refractivity contribution in [2.75, 3.05) is 18.4 Å². The summed E-state index contributed by atoms with van der Waals surface area (Å²) < 4.78 is 5.22. The quantitative estimate of drug-likeness (QED) is 0.866. The lowest BCUT2D eigenvalue weighted by Gasteiger charge is -2.22. The highest BCUT2D eigenvalue weighted by Gasteiger charge is 2.28. The number of hydrogen-bond donors (Lipinski definition) is 2. The first kappa shape index (κ1) is 17.4. The Morgan fingerprint density at radius 3 is 2.74 bits per heavy atom. The third-order valence-electron chi connectivity index (χ3n) is 3.27. The molecule has 23 heavy (non-hydrogen) atoms. The molecule has 1 saturated heterocycles. The van der Waals surface area contributed by atoms with Crippen LogP contribution in [0.3, 0.4) is 0 Å². The molecule has 6 nitrogen and oxygen atoms in total. The van der Waals surface area contributed by atoms with E-state index in [0.717, 1.165) is 0 Å². The van der Waals surface area contributed by atoms with Crippen LogP contribution in [0, 0.1) is 0 Å². The van der Waals surface area contributed by atoms with Gasteiger partial charge >= 0.3 is 12.1 Å². The minimum Gasteiger partial charge on any atom is -0.444 e. The molecule has 2 rings (SSSR count). The number of anilines is 1. The van der Waals surface area contributed by atoms with Crippen molar-refractivity contribution in [1.29, 1.82) is 0 Å². The van der Waals surface area contributed by atoms with Gasteiger partial charge in [-0.15, -0.1) is 0 Å². The van der Waals surface area contributed by atoms with Gasteiger partial charge < -0.3 is 20.3 Å². The fourth-order valence-electron chi connectivity index (χ4n) is 2.31. The summed E-state index contributed by atoms with van der Waals surface area (Å²) >= 11 is 5.89. The summed E-state index contributed by atoms with van der Waals surface area (Å²) in [6.07, 6.45) is 0.238. The number of nitrogens with one attached hydrogen (secondary N) is 2. The SMILES string of the molecule is CC(C)(C)OC(=O)NC1CCN(C(=O)Nc2cccc(Cl)c2)C1. The number of halogens is 1. The largest absolute Gasteiger partial charge is 0.444 e. The summed E-state index contributed by atoms with van der Waals surface area (Å²) in [5, 5.41) is 6.15. The van der Waals surface area contributed by atoms with Crippen LogP contribution in [-0.2, 0) is 4.74 Å². The first-order chi connectivity index (χ1) is 10.7. The number of amides is 3. The third-order valence-corrected chi connectivity index (χ3v) is 3.51. The Bertz CT molecular complexity index is 586. The second-order valence-electron chi connectivity index (χ2n) is 6.52. The highest BCUT2D eigenvalue weighted by molar-refractivity contribution is 6.30. The van der Waals surface area contributed by atoms with Gasteiger partial charge in [-0.1, -0.05) is 17.7 Å². The third kappa shape index (κ3) is 5.63. The number of benzene rings is 1. The zero-order valence-electron chi connectivity index (χ0n) is 13.6. The van der Waals surface area contributed by atoms with Crippen molar-refractivity contribution in [2.45, 2.75) is 38.8 Å². The molecule has 1 heterocycles. The monoisotopic (exact) mass is 339 g/mol. The van der Waals surface area contributed by atoms with Crippen LogP contribution in [0.15, 0.2) is 24.3 Å². The summed E-state index contributed by atoms with van der Waals surface area (Å²) in [4.78, 5) is 25.6. The minimum absolute atomic E-state index is 0.102. The van der Waals surface area contributed by atoms with E-state index in [9.17, 15) is 9.59 Å². The van der Waals surface area contributed by atoms with Crippen LogP contribution in [0.25, 0.3) is 0 Å². The van der Waals surface area contributed by atoms with Crippen LogP contribution in [-0.4, -0.2) is 41.8 Å². The second kappa shape index (κ2) is 7.08. The molecule has 0 radical (unpaired) electrons. The van der Waals surface area contributed by atoms with Crippen LogP contribution in [0.4, 0.5) is 15.3 Å². The number of hydrogen-bond acceptors (Lipinski definition) is 3. The standard InChI is InChI=1S/C16H22ClN3O3/c1-16(2,3)23-15(22)19-13-7-8-20(10-13)14(21)18-12-6-4-5-11(17)9-12/h4-6,9,13H,7-8,10H2,1-3H3,(H,18,21)(H,19,22). The molecular formula is C16H22ClN3O3. The topological polar surface area (TPSA) is 70.7 Å². The summed E-state index contributed by atoms with van der Waals surface area (Å²) in [5.41, 5.74) is 0.109. The molecule has 3 amide bonds. The van der Waals surface area contributed by atoms with Crippen molar-refractivity contribution in [1.82, 2.24) is 10.2 Å². The Hall–Kier alpha value is -1.95. The molecule has 1 aliphatic heterocycles. The fraction of sp³-hybridized carbons (Fsp3) is 0.500. The minimum atomic E-state index is -0.535. The lowest BCUT2D eigenvalue weighted by atomic mass is 10.2. The van der Waals surface area contributed by atoms with Crippen molar-refractivity contribution in [2.24, 2.45) is 0 Å². The molecule has 0 saturated carbocycles. The van der Waals surface area contributed by atoms with E-state index in [1.54, 1.807) is 29.2 Å². The normalized spacial score (nSPS) is 17.7. The average molecular weight is 340 g/mol. The van der Waals surface area contributed by atoms with Crippen molar-refractivity contribution in [3.05, 3.63) is 29.3 Å². The summed E-state index contributed by atoms with van der Waals surface area (Å²) in [5.74, 6) is 0. The van der Waals surface area contributed by atoms with Gasteiger partial charge in [-0.05, 0) is 45.4 Å². The smallest absolute Gasteiger partial charge is 0.407 e. The van der Waals surface area contributed by atoms with Crippen LogP contribution < -0.4 is 10.6 Å². The Balaban J connectivity index is 1.82. The first-order valence-electron chi connectivity index (χ1n) is 7.54. The van der Waals surface area contributed by atoms with Crippen LogP contribution in [0.5, 0.6) is 0 Å². The maximum absolute atomic E-state index is 12.2. The van der Waals surface area contributed by atoms with Gasteiger partial charge in [0.05, 0.1) is 6.04 Å². The van der Waals surface area contributed by atoms with Gasteiger partial charge in [-0.2, -0.15) is 0 Å². The molecule has 1 fully saturated rings. The number of ether oxygens (including phenoxy) is 1. The number of rotatable bonds is 2. The highest BCUT2D eigenvalue weighted by atomic mass is 35.5. The molecule has 126 valence electrons. The first-order valence-corrected chi connectivity index (χ1v) is 7.92. The van der Waals surface area contributed by atoms with Crippen molar-refractivity contribution < 1.29 is 14.3 Å². The molecule has 2 N–H and O–H groups in total. The van der Waals surface area contributed by atoms with Crippen LogP contribution in [0.2, 0.25) is 5.02 Å². The molecule has 1 atom stereocenters. The second-order valence-corrected chi connectivity index (χ2v) is 6.95. The van der Waals surface area contributed by atoms with Gasteiger partial charge in [-0.25, -0.2) is 9.59 Å². The van der Waals surface area contributed by atoms with Gasteiger partial charge in [0.1, 0.15) is 5.60 Å². The van der Waals surface area contributed by atoms with Gasteiger partial charge in [0.2, 0.25) is 0 Å². The lowest BCUT2D eigenvalue weighted by molar-refractivity contribution is 0.0506. The summed E-state index contributed by atoms with van der Waals surface area (Å²) in [6, 6.07) is 6.67. The van der Waals surface area contributed by atoms with E-state index >= 15 is 0 Å². The molecule has 0 aromatic heterocycles. The molecule has 0 spiro atoms. The summed E-state index contributed by atoms with van der Waals surface area (Å²) in [7, 11) is 0. The van der Waals surface area contributed by atoms with Crippen molar-refractivity contribution in [3.8, 4) is 0 Å². The van der Waals surface area contributed by atoms with E-state index in [4.69, 9.17) is 16.3 Å². The fourth-order valence-corrected chi connectivity index (χ4v) is 2.50. The van der Waals surface area contributed by atoms with Gasteiger partial charge in [0.25, 0.3) is 0 Å². The molecule has 7 heteroatoms. The highest BCUT2D eigenvalue weighted by Crippen LogP contribution is 2.17. The molecule has 1 aromatic carbocycles. The number of nitrogens with zero attached hydrogens (tertiary/aromatic N) is 1. The zero-order valence-corrected chi connectivity index (χ0v) is 14.3. The maximum Gasteiger partial charge on any atom is 0.407 e. The molecule has 0 aliphatic carbocycles. The van der Waals surface area contributed by atoms with E-state index in [1.807, 2.05) is 20.8 Å². The molecule has 1 aliphatic rings. The van der Waals surface area contributed by atoms with E-state index in [1.165, 1.54) is 0 Å². The maximum atomic E-state index is 12.2. The van der Waals surface area contributed by atoms with Gasteiger partial charge in [0, 0.05) is 23.8 Å². The number of likely N-dealkylation sites (tertiary alicyclic amines) is 1. The summed E-state index contributed by atoms with van der Waals surface area (Å²) in [6.45, 7) is 6.46. The van der Waals surface area contributed by atoms with E-state index < -0.39 is 11.7 Å². The van der Waals surface area contributed by atoms with E-state index in [0.29, 0.717) is 30.2 Å². The van der Waals surface area contributed by atoms with Gasteiger partial charge in [0.15, 0.2) is 0 Å². The van der Waals surface area contributed by atoms with Crippen molar-refractivity contribution in [3.63, 3.8) is 0 Å². The number of urea groups is 1. The van der Waals surface area contributed by atoms with E-state index in [2.05, 4.69) is 10.6 Å². The molecule has 0 bridgehead atoms. The Morgan fingerprint density at radius 2 is 2.09 bits per heavy atom. The molecular weight excluding hydrogens is 318 g/mol. The average Bonchev–Trinajstić information content (AvgIpc) is 2.84. The number of alkyl carbamates (subject to hydrolysis) is 1. The molecule has 1 unspecified atom stereocenters. The zero-order chi connectivity index (χ0) is 17.0. The van der Waals surface area contributed by atoms with E-state index in [-0.39, 0.29) is 12.1 Å². The number of carbonyl (C=O) groups is 2. The number of carbonyl (C=O) groups excluding carboxylic acids is 2. The van der Waals surface area contributed by atoms with Crippen LogP contribution >= 0.6 is 11.6 Å². The Labute approximate surface area is 141 Å². The predicted octanol–water partition coefficient (Wildman–Crippen LogP) is 3.47. The predicted molar refractivity (Wildman–Crippen MR) is 89.8 cm³/mol. The van der Waals surface area contributed by atoms with Crippen molar-refractivity contribution >= 4 is 29.4 Å². The Morgan fingerprint density at radius 1 is 1.35 bits per heavy atom. The van der Waals surface area contributed by atoms with Crippen LogP contribution in [0.1, 0.15) is 27.2 Å². The van der Waals surface area contributed by atoms with Gasteiger partial charge in [-0.3, -0.25) is 0 Å². The molecule has 1 aromatic rings. The Kier molecular flexibility index (Phi) is 5.36.